The van der Waals surface area contributed by atoms with Gasteiger partial charge in [0, 0.05) is 0 Å². The van der Waals surface area contributed by atoms with Gasteiger partial charge in [-0.2, -0.15) is 5.10 Å². The van der Waals surface area contributed by atoms with E-state index in [-0.39, 0.29) is 5.97 Å². The van der Waals surface area contributed by atoms with E-state index in [2.05, 4.69) is 10.5 Å². The lowest BCUT2D eigenvalue weighted by atomic mass is 9.82. The highest BCUT2D eigenvalue weighted by Gasteiger charge is 2.46. The van der Waals surface area contributed by atoms with Crippen LogP contribution in [0.3, 0.4) is 0 Å². The number of esters is 1. The molecular weight excluding hydrogens is 222 g/mol. The fourth-order valence-electron chi connectivity index (χ4n) is 2.24. The topological polar surface area (TPSA) is 93.8 Å². The number of hydrogen-bond acceptors (Lipinski definition) is 4. The smallest absolute Gasteiger partial charge is 0.332 e. The molecule has 0 aromatic rings. The number of carbonyl (C=O) groups excluding carboxylic acids is 2. The van der Waals surface area contributed by atoms with Gasteiger partial charge in [-0.25, -0.2) is 10.2 Å². The molecule has 1 aliphatic rings. The molecule has 1 atom stereocenters. The number of amides is 2. The molecule has 0 saturated heterocycles. The number of carbonyl (C=O) groups is 2. The Hall–Kier alpha value is -1.59. The van der Waals surface area contributed by atoms with E-state index in [9.17, 15) is 9.59 Å². The molecule has 1 unspecified atom stereocenters. The summed E-state index contributed by atoms with van der Waals surface area (Å²) >= 11 is 0. The summed E-state index contributed by atoms with van der Waals surface area (Å²) in [4.78, 5) is 22.6. The van der Waals surface area contributed by atoms with E-state index in [0.29, 0.717) is 31.6 Å². The maximum atomic E-state index is 12.0. The highest BCUT2D eigenvalue weighted by atomic mass is 16.5. The van der Waals surface area contributed by atoms with E-state index in [1.165, 1.54) is 0 Å². The molecule has 0 heterocycles. The van der Waals surface area contributed by atoms with Gasteiger partial charge in [-0.1, -0.05) is 6.92 Å². The molecule has 1 rings (SSSR count). The van der Waals surface area contributed by atoms with E-state index in [4.69, 9.17) is 10.5 Å². The SMILES string of the molecule is CCOC(=O)C1(CC)CCC/C1=N\NC(N)=O. The third-order valence-electron chi connectivity index (χ3n) is 3.14. The minimum Gasteiger partial charge on any atom is -0.465 e. The van der Waals surface area contributed by atoms with Crippen LogP contribution in [0.2, 0.25) is 0 Å². The molecule has 17 heavy (non-hydrogen) atoms. The molecule has 0 spiro atoms. The van der Waals surface area contributed by atoms with E-state index in [1.807, 2.05) is 6.92 Å². The molecule has 1 saturated carbocycles. The molecule has 0 bridgehead atoms. The Kier molecular flexibility index (Phi) is 4.48. The molecule has 1 fully saturated rings. The van der Waals surface area contributed by atoms with Crippen LogP contribution in [0.4, 0.5) is 4.79 Å². The summed E-state index contributed by atoms with van der Waals surface area (Å²) in [5.41, 5.74) is 7.14. The molecule has 0 radical (unpaired) electrons. The summed E-state index contributed by atoms with van der Waals surface area (Å²) in [6.45, 7) is 4.04. The maximum absolute atomic E-state index is 12.0. The Bertz CT molecular complexity index is 341. The first kappa shape index (κ1) is 13.5. The summed E-state index contributed by atoms with van der Waals surface area (Å²) in [6.07, 6.45) is 2.88. The monoisotopic (exact) mass is 241 g/mol. The van der Waals surface area contributed by atoms with Crippen LogP contribution in [0.25, 0.3) is 0 Å². The fourth-order valence-corrected chi connectivity index (χ4v) is 2.24. The van der Waals surface area contributed by atoms with Crippen molar-refractivity contribution >= 4 is 17.7 Å². The van der Waals surface area contributed by atoms with Crippen molar-refractivity contribution in [1.82, 2.24) is 5.43 Å². The molecule has 96 valence electrons. The summed E-state index contributed by atoms with van der Waals surface area (Å²) in [7, 11) is 0. The number of nitrogens with two attached hydrogens (primary N) is 1. The third-order valence-corrected chi connectivity index (χ3v) is 3.14. The van der Waals surface area contributed by atoms with Crippen LogP contribution < -0.4 is 11.2 Å². The second-order valence-corrected chi connectivity index (χ2v) is 4.04. The second kappa shape index (κ2) is 5.65. The summed E-state index contributed by atoms with van der Waals surface area (Å²) in [6, 6.07) is -0.724. The van der Waals surface area contributed by atoms with Gasteiger partial charge in [0.15, 0.2) is 0 Å². The first-order chi connectivity index (χ1) is 8.06. The number of hydrogen-bond donors (Lipinski definition) is 2. The van der Waals surface area contributed by atoms with Crippen molar-refractivity contribution in [2.24, 2.45) is 16.3 Å². The quantitative estimate of drug-likeness (QED) is 0.571. The Morgan fingerprint density at radius 3 is 2.76 bits per heavy atom. The predicted molar refractivity (Wildman–Crippen MR) is 63.4 cm³/mol. The number of rotatable bonds is 4. The highest BCUT2D eigenvalue weighted by molar-refractivity contribution is 6.08. The van der Waals surface area contributed by atoms with Gasteiger partial charge in [-0.3, -0.25) is 4.79 Å². The average Bonchev–Trinajstić information content (AvgIpc) is 2.70. The zero-order chi connectivity index (χ0) is 12.9. The lowest BCUT2D eigenvalue weighted by molar-refractivity contribution is -0.151. The van der Waals surface area contributed by atoms with Crippen LogP contribution in [0.1, 0.15) is 39.5 Å². The molecule has 0 aliphatic heterocycles. The van der Waals surface area contributed by atoms with Crippen LogP contribution >= 0.6 is 0 Å². The molecule has 1 aliphatic carbocycles. The number of urea groups is 1. The lowest BCUT2D eigenvalue weighted by Gasteiger charge is -2.25. The van der Waals surface area contributed by atoms with E-state index in [0.717, 1.165) is 6.42 Å². The first-order valence-corrected chi connectivity index (χ1v) is 5.86. The van der Waals surface area contributed by atoms with Crippen LogP contribution in [-0.4, -0.2) is 24.3 Å². The minimum absolute atomic E-state index is 0.259. The largest absolute Gasteiger partial charge is 0.465 e. The summed E-state index contributed by atoms with van der Waals surface area (Å²) in [5.74, 6) is -0.259. The van der Waals surface area contributed by atoms with Crippen molar-refractivity contribution in [1.29, 1.82) is 0 Å². The third kappa shape index (κ3) is 2.75. The normalized spacial score (nSPS) is 25.9. The zero-order valence-electron chi connectivity index (χ0n) is 10.3. The van der Waals surface area contributed by atoms with Crippen molar-refractivity contribution in [3.05, 3.63) is 0 Å². The standard InChI is InChI=1S/C11H19N3O3/c1-3-11(9(15)17-4-2)7-5-6-8(11)13-14-10(12)16/h3-7H2,1-2H3,(H3,12,14,16)/b13-8+. The number of nitrogens with one attached hydrogen (secondary N) is 1. The van der Waals surface area contributed by atoms with Gasteiger partial charge in [0.1, 0.15) is 5.41 Å². The molecule has 0 aromatic carbocycles. The van der Waals surface area contributed by atoms with Gasteiger partial charge < -0.3 is 10.5 Å². The van der Waals surface area contributed by atoms with E-state index >= 15 is 0 Å². The lowest BCUT2D eigenvalue weighted by Crippen LogP contribution is -2.38. The van der Waals surface area contributed by atoms with Gasteiger partial charge in [0.2, 0.25) is 0 Å². The molecule has 0 aromatic heterocycles. The van der Waals surface area contributed by atoms with Crippen molar-refractivity contribution in [3.63, 3.8) is 0 Å². The Balaban J connectivity index is 2.92. The summed E-state index contributed by atoms with van der Waals surface area (Å²) < 4.78 is 5.09. The predicted octanol–water partition coefficient (Wildman–Crippen LogP) is 1.15. The van der Waals surface area contributed by atoms with Crippen LogP contribution in [0.5, 0.6) is 0 Å². The van der Waals surface area contributed by atoms with E-state index in [1.54, 1.807) is 6.92 Å². The zero-order valence-corrected chi connectivity index (χ0v) is 10.3. The van der Waals surface area contributed by atoms with Gasteiger partial charge in [0.25, 0.3) is 0 Å². The molecular formula is C11H19N3O3. The van der Waals surface area contributed by atoms with Crippen LogP contribution in [0.15, 0.2) is 5.10 Å². The summed E-state index contributed by atoms with van der Waals surface area (Å²) in [5, 5.41) is 3.94. The fraction of sp³-hybridized carbons (Fsp3) is 0.727. The number of nitrogens with zero attached hydrogens (tertiary/aromatic N) is 1. The minimum atomic E-state index is -0.724. The van der Waals surface area contributed by atoms with Crippen LogP contribution in [-0.2, 0) is 9.53 Å². The first-order valence-electron chi connectivity index (χ1n) is 5.86. The second-order valence-electron chi connectivity index (χ2n) is 4.04. The van der Waals surface area contributed by atoms with Crippen molar-refractivity contribution in [3.8, 4) is 0 Å². The average molecular weight is 241 g/mol. The van der Waals surface area contributed by atoms with Crippen LogP contribution in [0, 0.1) is 5.41 Å². The Morgan fingerprint density at radius 2 is 2.24 bits per heavy atom. The van der Waals surface area contributed by atoms with Crippen molar-refractivity contribution < 1.29 is 14.3 Å². The van der Waals surface area contributed by atoms with Gasteiger partial charge in [-0.05, 0) is 32.6 Å². The number of primary amides is 1. The molecule has 2 amide bonds. The maximum Gasteiger partial charge on any atom is 0.332 e. The highest BCUT2D eigenvalue weighted by Crippen LogP contribution is 2.39. The molecule has 6 heteroatoms. The van der Waals surface area contributed by atoms with Gasteiger partial charge in [-0.15, -0.1) is 0 Å². The number of hydrazone groups is 1. The Morgan fingerprint density at radius 1 is 1.53 bits per heavy atom. The Labute approximate surface area is 101 Å². The van der Waals surface area contributed by atoms with Crippen molar-refractivity contribution in [2.75, 3.05) is 6.61 Å². The van der Waals surface area contributed by atoms with Crippen molar-refractivity contribution in [2.45, 2.75) is 39.5 Å². The van der Waals surface area contributed by atoms with E-state index < -0.39 is 11.4 Å². The molecule has 6 nitrogen and oxygen atoms in total. The van der Waals surface area contributed by atoms with Gasteiger partial charge in [0.05, 0.1) is 12.3 Å². The number of ether oxygens (including phenoxy) is 1. The van der Waals surface area contributed by atoms with Gasteiger partial charge >= 0.3 is 12.0 Å². The molecule has 3 N–H and O–H groups in total.